The van der Waals surface area contributed by atoms with Gasteiger partial charge < -0.3 is 14.5 Å². The summed E-state index contributed by atoms with van der Waals surface area (Å²) in [5.74, 6) is 0.374. The lowest BCUT2D eigenvalue weighted by Crippen LogP contribution is -2.56. The molecule has 3 aliphatic rings. The van der Waals surface area contributed by atoms with Gasteiger partial charge in [0.15, 0.2) is 6.61 Å². The van der Waals surface area contributed by atoms with Gasteiger partial charge in [-0.1, -0.05) is 19.1 Å². The van der Waals surface area contributed by atoms with Gasteiger partial charge in [0.1, 0.15) is 12.3 Å². The highest BCUT2D eigenvalue weighted by Gasteiger charge is 2.34. The number of anilines is 2. The number of piperazine rings is 1. The second kappa shape index (κ2) is 10.6. The lowest BCUT2D eigenvalue weighted by atomic mass is 10.0. The van der Waals surface area contributed by atoms with Gasteiger partial charge >= 0.3 is 0 Å². The van der Waals surface area contributed by atoms with Crippen LogP contribution in [-0.4, -0.2) is 81.4 Å². The van der Waals surface area contributed by atoms with Crippen LogP contribution in [0.15, 0.2) is 47.4 Å². The van der Waals surface area contributed by atoms with E-state index in [9.17, 15) is 18.0 Å². The number of rotatable bonds is 5. The fraction of sp³-hybridized carbons (Fsp3) is 0.500. The number of ether oxygens (including phenoxy) is 1. The Labute approximate surface area is 225 Å². The summed E-state index contributed by atoms with van der Waals surface area (Å²) < 4.78 is 33.8. The molecule has 0 radical (unpaired) electrons. The van der Waals surface area contributed by atoms with E-state index in [0.29, 0.717) is 50.1 Å². The van der Waals surface area contributed by atoms with Crippen LogP contribution in [0.3, 0.4) is 0 Å². The summed E-state index contributed by atoms with van der Waals surface area (Å²) in [6.07, 6.45) is 1.64. The summed E-state index contributed by atoms with van der Waals surface area (Å²) in [5.41, 5.74) is 2.65. The average molecular weight is 541 g/mol. The standard InChI is InChI=1S/C28H36N4O5S/c1-20-9-11-30(12-10-20)38(35,36)24-7-8-26-25(16-24)32(28(34)19-37-26)18-27(33)29-13-14-31(22(3)17-29)23-6-4-5-21(2)15-23/h4-8,15-16,20,22H,9-14,17-19H2,1-3H3/t22-/m1/s1. The van der Waals surface area contributed by atoms with E-state index in [-0.39, 0.29) is 35.9 Å². The zero-order valence-corrected chi connectivity index (χ0v) is 23.1. The van der Waals surface area contributed by atoms with Crippen molar-refractivity contribution in [2.75, 3.05) is 55.7 Å². The van der Waals surface area contributed by atoms with Gasteiger partial charge in [-0.3, -0.25) is 14.5 Å². The maximum atomic E-state index is 13.4. The van der Waals surface area contributed by atoms with Crippen molar-refractivity contribution in [1.82, 2.24) is 9.21 Å². The molecule has 0 aromatic heterocycles. The van der Waals surface area contributed by atoms with Crippen molar-refractivity contribution >= 4 is 33.2 Å². The predicted molar refractivity (Wildman–Crippen MR) is 146 cm³/mol. The van der Waals surface area contributed by atoms with E-state index in [2.05, 4.69) is 43.9 Å². The third-order valence-corrected chi connectivity index (χ3v) is 9.76. The Balaban J connectivity index is 1.31. The molecule has 2 aromatic carbocycles. The Morgan fingerprint density at radius 2 is 1.79 bits per heavy atom. The molecule has 5 rings (SSSR count). The number of amides is 2. The number of nitrogens with zero attached hydrogens (tertiary/aromatic N) is 4. The molecule has 2 saturated heterocycles. The normalized spacial score (nSPS) is 21.3. The first kappa shape index (κ1) is 26.5. The molecule has 2 aromatic rings. The Kier molecular flexibility index (Phi) is 7.37. The minimum absolute atomic E-state index is 0.113. The van der Waals surface area contributed by atoms with Crippen LogP contribution in [-0.2, 0) is 19.6 Å². The number of sulfonamides is 1. The molecule has 0 spiro atoms. The molecule has 10 heteroatoms. The van der Waals surface area contributed by atoms with Crippen molar-refractivity contribution in [2.24, 2.45) is 5.92 Å². The van der Waals surface area contributed by atoms with Crippen LogP contribution >= 0.6 is 0 Å². The first-order chi connectivity index (χ1) is 18.1. The van der Waals surface area contributed by atoms with Crippen molar-refractivity contribution < 1.29 is 22.7 Å². The number of benzene rings is 2. The summed E-state index contributed by atoms with van der Waals surface area (Å²) in [5, 5.41) is 0. The van der Waals surface area contributed by atoms with Gasteiger partial charge in [0, 0.05) is 44.5 Å². The molecule has 0 unspecified atom stereocenters. The largest absolute Gasteiger partial charge is 0.482 e. The molecule has 2 fully saturated rings. The molecule has 204 valence electrons. The maximum absolute atomic E-state index is 13.4. The van der Waals surface area contributed by atoms with Crippen molar-refractivity contribution in [2.45, 2.75) is 44.6 Å². The van der Waals surface area contributed by atoms with Gasteiger partial charge in [-0.25, -0.2) is 8.42 Å². The highest BCUT2D eigenvalue weighted by Crippen LogP contribution is 2.36. The number of carbonyl (C=O) groups is 2. The summed E-state index contributed by atoms with van der Waals surface area (Å²) in [4.78, 5) is 31.8. The van der Waals surface area contributed by atoms with E-state index in [4.69, 9.17) is 4.74 Å². The average Bonchev–Trinajstić information content (AvgIpc) is 2.90. The molecule has 0 N–H and O–H groups in total. The summed E-state index contributed by atoms with van der Waals surface area (Å²) in [7, 11) is -3.71. The van der Waals surface area contributed by atoms with Crippen molar-refractivity contribution in [3.63, 3.8) is 0 Å². The Hall–Kier alpha value is -3.11. The second-order valence-corrected chi connectivity index (χ2v) is 12.6. The molecule has 0 aliphatic carbocycles. The van der Waals surface area contributed by atoms with Crippen LogP contribution in [0.5, 0.6) is 5.75 Å². The second-order valence-electron chi connectivity index (χ2n) is 10.7. The maximum Gasteiger partial charge on any atom is 0.265 e. The summed E-state index contributed by atoms with van der Waals surface area (Å²) in [6, 6.07) is 13.0. The van der Waals surface area contributed by atoms with E-state index < -0.39 is 10.0 Å². The molecular formula is C28H36N4O5S. The van der Waals surface area contributed by atoms with Gasteiger partial charge in [-0.15, -0.1) is 0 Å². The van der Waals surface area contributed by atoms with Crippen LogP contribution < -0.4 is 14.5 Å². The van der Waals surface area contributed by atoms with Gasteiger partial charge in [-0.2, -0.15) is 4.31 Å². The van der Waals surface area contributed by atoms with E-state index in [0.717, 1.165) is 18.5 Å². The first-order valence-corrected chi connectivity index (χ1v) is 14.8. The molecule has 3 aliphatic heterocycles. The number of carbonyl (C=O) groups excluding carboxylic acids is 2. The first-order valence-electron chi connectivity index (χ1n) is 13.3. The fourth-order valence-corrected chi connectivity index (χ4v) is 6.99. The van der Waals surface area contributed by atoms with E-state index >= 15 is 0 Å². The zero-order chi connectivity index (χ0) is 27.0. The van der Waals surface area contributed by atoms with Gasteiger partial charge in [0.25, 0.3) is 5.91 Å². The highest BCUT2D eigenvalue weighted by atomic mass is 32.2. The summed E-state index contributed by atoms with van der Waals surface area (Å²) in [6.45, 7) is 8.68. The Morgan fingerprint density at radius 3 is 2.50 bits per heavy atom. The van der Waals surface area contributed by atoms with E-state index in [1.165, 1.54) is 26.9 Å². The number of piperidine rings is 1. The van der Waals surface area contributed by atoms with Crippen molar-refractivity contribution in [3.8, 4) is 5.75 Å². The number of hydrogen-bond acceptors (Lipinski definition) is 6. The quantitative estimate of drug-likeness (QED) is 0.580. The minimum atomic E-state index is -3.71. The van der Waals surface area contributed by atoms with Crippen LogP contribution in [0.1, 0.15) is 32.3 Å². The monoisotopic (exact) mass is 540 g/mol. The van der Waals surface area contributed by atoms with Crippen LogP contribution in [0.25, 0.3) is 0 Å². The topological polar surface area (TPSA) is 90.5 Å². The van der Waals surface area contributed by atoms with Gasteiger partial charge in [0.05, 0.1) is 10.6 Å². The predicted octanol–water partition coefficient (Wildman–Crippen LogP) is 2.88. The van der Waals surface area contributed by atoms with Crippen molar-refractivity contribution in [1.29, 1.82) is 0 Å². The smallest absolute Gasteiger partial charge is 0.265 e. The zero-order valence-electron chi connectivity index (χ0n) is 22.3. The van der Waals surface area contributed by atoms with Crippen LogP contribution in [0.4, 0.5) is 11.4 Å². The lowest BCUT2D eigenvalue weighted by Gasteiger charge is -2.42. The van der Waals surface area contributed by atoms with Gasteiger partial charge in [-0.05, 0) is 68.5 Å². The third-order valence-electron chi connectivity index (χ3n) is 7.86. The summed E-state index contributed by atoms with van der Waals surface area (Å²) >= 11 is 0. The van der Waals surface area contributed by atoms with Crippen LogP contribution in [0, 0.1) is 12.8 Å². The Bertz CT molecular complexity index is 1320. The molecule has 3 heterocycles. The molecular weight excluding hydrogens is 504 g/mol. The van der Waals surface area contributed by atoms with Crippen molar-refractivity contribution in [3.05, 3.63) is 48.0 Å². The minimum Gasteiger partial charge on any atom is -0.482 e. The molecule has 0 saturated carbocycles. The van der Waals surface area contributed by atoms with E-state index in [1.807, 2.05) is 6.07 Å². The third kappa shape index (κ3) is 5.24. The Morgan fingerprint density at radius 1 is 1.03 bits per heavy atom. The number of aryl methyl sites for hydroxylation is 1. The van der Waals surface area contributed by atoms with Gasteiger partial charge in [0.2, 0.25) is 15.9 Å². The molecule has 38 heavy (non-hydrogen) atoms. The molecule has 9 nitrogen and oxygen atoms in total. The molecule has 2 amide bonds. The number of hydrogen-bond donors (Lipinski definition) is 0. The number of fused-ring (bicyclic) bond motifs is 1. The molecule has 0 bridgehead atoms. The van der Waals surface area contributed by atoms with Crippen LogP contribution in [0.2, 0.25) is 0 Å². The lowest BCUT2D eigenvalue weighted by molar-refractivity contribution is -0.132. The molecule has 1 atom stereocenters. The highest BCUT2D eigenvalue weighted by molar-refractivity contribution is 7.89. The fourth-order valence-electron chi connectivity index (χ4n) is 5.50. The SMILES string of the molecule is Cc1cccc(N2CCN(C(=O)CN3C(=O)COc4ccc(S(=O)(=O)N5CCC(C)CC5)cc43)C[C@H]2C)c1. The van der Waals surface area contributed by atoms with E-state index in [1.54, 1.807) is 11.0 Å².